The van der Waals surface area contributed by atoms with Crippen LogP contribution in [0.2, 0.25) is 5.02 Å². The smallest absolute Gasteiger partial charge is 0.332 e. The predicted molar refractivity (Wildman–Crippen MR) is 105 cm³/mol. The van der Waals surface area contributed by atoms with Crippen LogP contribution in [0.4, 0.5) is 10.5 Å². The number of nitro benzene ring substituents is 1. The van der Waals surface area contributed by atoms with Gasteiger partial charge in [0.1, 0.15) is 11.8 Å². The van der Waals surface area contributed by atoms with Crippen molar-refractivity contribution >= 4 is 40.1 Å². The van der Waals surface area contributed by atoms with Crippen LogP contribution in [-0.2, 0) is 0 Å². The lowest BCUT2D eigenvalue weighted by Crippen LogP contribution is -2.31. The number of fused-ring (bicyclic) bond motifs is 1. The number of primary amides is 1. The number of halogens is 1. The molecule has 0 radical (unpaired) electrons. The highest BCUT2D eigenvalue weighted by Gasteiger charge is 2.23. The van der Waals surface area contributed by atoms with Gasteiger partial charge in [-0.05, 0) is 23.8 Å². The minimum Gasteiger partial charge on any atom is -0.382 e. The van der Waals surface area contributed by atoms with E-state index in [9.17, 15) is 24.8 Å². The Labute approximate surface area is 167 Å². The van der Waals surface area contributed by atoms with Gasteiger partial charge < -0.3 is 15.8 Å². The molecule has 0 fully saturated rings. The van der Waals surface area contributed by atoms with E-state index in [2.05, 4.69) is 15.1 Å². The fourth-order valence-corrected chi connectivity index (χ4v) is 2.65. The number of carbonyl (C=O) groups is 1. The maximum absolute atomic E-state index is 12.5. The van der Waals surface area contributed by atoms with Crippen molar-refractivity contribution in [2.24, 2.45) is 10.8 Å². The molecule has 12 heteroatoms. The fraction of sp³-hybridized carbons (Fsp3) is 0.0588. The number of aromatic nitrogens is 2. The third-order valence-electron chi connectivity index (χ3n) is 3.86. The molecule has 5 N–H and O–H groups in total. The Morgan fingerprint density at radius 2 is 2.00 bits per heavy atom. The van der Waals surface area contributed by atoms with E-state index in [0.717, 1.165) is 6.07 Å². The third-order valence-corrected chi connectivity index (χ3v) is 4.11. The van der Waals surface area contributed by atoms with Crippen molar-refractivity contribution in [3.8, 4) is 0 Å². The maximum Gasteiger partial charge on any atom is 0.332 e. The highest BCUT2D eigenvalue weighted by molar-refractivity contribution is 6.30. The zero-order valence-corrected chi connectivity index (χ0v) is 15.3. The van der Waals surface area contributed by atoms with E-state index in [1.807, 2.05) is 5.43 Å². The Hall–Kier alpha value is -3.83. The van der Waals surface area contributed by atoms with Gasteiger partial charge in [0.15, 0.2) is 5.69 Å². The van der Waals surface area contributed by atoms with Crippen LogP contribution >= 0.6 is 11.6 Å². The SMILES string of the molecule is NC(=O)N/N=C(\c1nc2ccc([N+](=O)[O-])cc2[nH]c1=O)[C@@H](O)c1ccc(Cl)cc1. The number of hydrazone groups is 1. The van der Waals surface area contributed by atoms with Crippen LogP contribution in [0.15, 0.2) is 52.4 Å². The van der Waals surface area contributed by atoms with E-state index >= 15 is 0 Å². The second-order valence-corrected chi connectivity index (χ2v) is 6.24. The van der Waals surface area contributed by atoms with Crippen molar-refractivity contribution in [2.45, 2.75) is 6.10 Å². The van der Waals surface area contributed by atoms with Crippen LogP contribution < -0.4 is 16.7 Å². The lowest BCUT2D eigenvalue weighted by molar-refractivity contribution is -0.384. The molecule has 0 unspecified atom stereocenters. The van der Waals surface area contributed by atoms with Crippen molar-refractivity contribution in [3.05, 3.63) is 79.2 Å². The Bertz CT molecular complexity index is 1190. The van der Waals surface area contributed by atoms with Gasteiger partial charge in [-0.3, -0.25) is 14.9 Å². The zero-order valence-electron chi connectivity index (χ0n) is 14.5. The molecule has 2 amide bonds. The summed E-state index contributed by atoms with van der Waals surface area (Å²) < 4.78 is 0. The molecule has 11 nitrogen and oxygen atoms in total. The highest BCUT2D eigenvalue weighted by Crippen LogP contribution is 2.21. The van der Waals surface area contributed by atoms with E-state index in [0.29, 0.717) is 10.6 Å². The van der Waals surface area contributed by atoms with Gasteiger partial charge in [-0.25, -0.2) is 15.2 Å². The number of non-ortho nitro benzene ring substituents is 1. The molecule has 1 atom stereocenters. The first-order valence-corrected chi connectivity index (χ1v) is 8.39. The number of H-pyrrole nitrogens is 1. The normalized spacial score (nSPS) is 12.6. The van der Waals surface area contributed by atoms with E-state index in [1.165, 1.54) is 36.4 Å². The summed E-state index contributed by atoms with van der Waals surface area (Å²) in [4.78, 5) is 40.5. The van der Waals surface area contributed by atoms with Crippen LogP contribution in [0.5, 0.6) is 0 Å². The van der Waals surface area contributed by atoms with Crippen LogP contribution in [-0.4, -0.2) is 31.7 Å². The number of nitrogens with one attached hydrogen (secondary N) is 2. The second-order valence-electron chi connectivity index (χ2n) is 5.80. The summed E-state index contributed by atoms with van der Waals surface area (Å²) >= 11 is 5.84. The monoisotopic (exact) mass is 416 g/mol. The quantitative estimate of drug-likeness (QED) is 0.278. The first kappa shape index (κ1) is 19.9. The summed E-state index contributed by atoms with van der Waals surface area (Å²) in [5.41, 5.74) is 6.04. The van der Waals surface area contributed by atoms with Gasteiger partial charge in [-0.15, -0.1) is 0 Å². The molecule has 0 aliphatic carbocycles. The molecule has 3 rings (SSSR count). The van der Waals surface area contributed by atoms with Gasteiger partial charge in [-0.1, -0.05) is 23.7 Å². The summed E-state index contributed by atoms with van der Waals surface area (Å²) in [7, 11) is 0. The number of aliphatic hydroxyl groups excluding tert-OH is 1. The average Bonchev–Trinajstić information content (AvgIpc) is 2.68. The summed E-state index contributed by atoms with van der Waals surface area (Å²) in [6, 6.07) is 8.75. The molecule has 2 aromatic carbocycles. The molecule has 0 saturated carbocycles. The number of carbonyl (C=O) groups excluding carboxylic acids is 1. The van der Waals surface area contributed by atoms with Crippen molar-refractivity contribution in [3.63, 3.8) is 0 Å². The van der Waals surface area contributed by atoms with Gasteiger partial charge in [0.2, 0.25) is 0 Å². The third kappa shape index (κ3) is 4.36. The van der Waals surface area contributed by atoms with E-state index < -0.39 is 22.6 Å². The molecule has 29 heavy (non-hydrogen) atoms. The van der Waals surface area contributed by atoms with Crippen molar-refractivity contribution in [1.29, 1.82) is 0 Å². The predicted octanol–water partition coefficient (Wildman–Crippen LogP) is 1.59. The number of nitrogens with two attached hydrogens (primary N) is 1. The number of benzene rings is 2. The average molecular weight is 417 g/mol. The largest absolute Gasteiger partial charge is 0.382 e. The number of aliphatic hydroxyl groups is 1. The zero-order chi connectivity index (χ0) is 21.1. The Morgan fingerprint density at radius 1 is 1.31 bits per heavy atom. The summed E-state index contributed by atoms with van der Waals surface area (Å²) in [6.07, 6.45) is -1.46. The Morgan fingerprint density at radius 3 is 2.62 bits per heavy atom. The standard InChI is InChI=1S/C17H13ClN6O5/c18-9-3-1-8(2-4-9)15(25)13(22-23-17(19)27)14-16(26)21-12-7-10(24(28)29)5-6-11(12)20-14/h1-7,15,25H,(H,21,26)(H3,19,23,27)/b22-13+/t15-/m0/s1. The Kier molecular flexibility index (Phi) is 5.52. The molecule has 0 aliphatic heterocycles. The second kappa shape index (κ2) is 8.04. The topological polar surface area (TPSA) is 177 Å². The van der Waals surface area contributed by atoms with Crippen LogP contribution in [0, 0.1) is 10.1 Å². The molecule has 148 valence electrons. The van der Waals surface area contributed by atoms with Crippen LogP contribution in [0.1, 0.15) is 17.4 Å². The molecule has 0 saturated heterocycles. The molecule has 0 aliphatic rings. The minimum atomic E-state index is -1.46. The molecule has 1 heterocycles. The van der Waals surface area contributed by atoms with Crippen LogP contribution in [0.3, 0.4) is 0 Å². The van der Waals surface area contributed by atoms with E-state index in [1.54, 1.807) is 0 Å². The summed E-state index contributed by atoms with van der Waals surface area (Å²) in [6.45, 7) is 0. The molecule has 3 aromatic rings. The van der Waals surface area contributed by atoms with E-state index in [4.69, 9.17) is 17.3 Å². The number of nitro groups is 1. The van der Waals surface area contributed by atoms with Gasteiger partial charge in [-0.2, -0.15) is 5.10 Å². The van der Waals surface area contributed by atoms with Gasteiger partial charge in [0.05, 0.1) is 16.0 Å². The first-order chi connectivity index (χ1) is 13.8. The number of hydrogen-bond acceptors (Lipinski definition) is 7. The van der Waals surface area contributed by atoms with Crippen molar-refractivity contribution in [2.75, 3.05) is 0 Å². The van der Waals surface area contributed by atoms with Crippen molar-refractivity contribution in [1.82, 2.24) is 15.4 Å². The lowest BCUT2D eigenvalue weighted by Gasteiger charge is -2.14. The lowest BCUT2D eigenvalue weighted by atomic mass is 10.0. The molecule has 0 bridgehead atoms. The Balaban J connectivity index is 2.14. The first-order valence-electron chi connectivity index (χ1n) is 8.01. The minimum absolute atomic E-state index is 0.121. The number of aromatic amines is 1. The summed E-state index contributed by atoms with van der Waals surface area (Å²) in [5, 5.41) is 25.8. The van der Waals surface area contributed by atoms with Crippen LogP contribution in [0.25, 0.3) is 11.0 Å². The molecular weight excluding hydrogens is 404 g/mol. The molecule has 0 spiro atoms. The van der Waals surface area contributed by atoms with Crippen molar-refractivity contribution < 1.29 is 14.8 Å². The maximum atomic E-state index is 12.5. The number of rotatable bonds is 5. The number of hydrogen-bond donors (Lipinski definition) is 4. The number of nitrogens with zero attached hydrogens (tertiary/aromatic N) is 3. The van der Waals surface area contributed by atoms with Gasteiger partial charge in [0, 0.05) is 17.2 Å². The van der Waals surface area contributed by atoms with Gasteiger partial charge in [0.25, 0.3) is 11.2 Å². The molecular formula is C17H13ClN6O5. The highest BCUT2D eigenvalue weighted by atomic mass is 35.5. The summed E-state index contributed by atoms with van der Waals surface area (Å²) in [5.74, 6) is 0. The fourth-order valence-electron chi connectivity index (χ4n) is 2.52. The number of amides is 2. The van der Waals surface area contributed by atoms with Gasteiger partial charge >= 0.3 is 6.03 Å². The number of urea groups is 1. The molecule has 1 aromatic heterocycles. The van der Waals surface area contributed by atoms with E-state index in [-0.39, 0.29) is 28.1 Å².